The Morgan fingerprint density at radius 1 is 1.43 bits per heavy atom. The van der Waals surface area contributed by atoms with Gasteiger partial charge in [-0.25, -0.2) is 9.37 Å². The third-order valence-electron chi connectivity index (χ3n) is 4.52. The van der Waals surface area contributed by atoms with Gasteiger partial charge < -0.3 is 9.64 Å². The van der Waals surface area contributed by atoms with E-state index < -0.39 is 11.9 Å². The summed E-state index contributed by atoms with van der Waals surface area (Å²) in [6.07, 6.45) is 3.67. The van der Waals surface area contributed by atoms with Crippen molar-refractivity contribution < 1.29 is 13.9 Å². The lowest BCUT2D eigenvalue weighted by Crippen LogP contribution is -2.45. The van der Waals surface area contributed by atoms with Crippen LogP contribution in [0.2, 0.25) is 0 Å². The number of hydrogen-bond acceptors (Lipinski definition) is 4. The third-order valence-corrected chi connectivity index (χ3v) is 5.46. The Morgan fingerprint density at radius 2 is 2.35 bits per heavy atom. The first-order valence-electron chi connectivity index (χ1n) is 7.84. The number of benzene rings is 1. The van der Waals surface area contributed by atoms with Gasteiger partial charge in [-0.15, -0.1) is 11.3 Å². The van der Waals surface area contributed by atoms with Crippen LogP contribution in [0.1, 0.15) is 29.3 Å². The lowest BCUT2D eigenvalue weighted by atomic mass is 9.98. The van der Waals surface area contributed by atoms with Crippen LogP contribution in [0.25, 0.3) is 0 Å². The predicted molar refractivity (Wildman–Crippen MR) is 85.2 cm³/mol. The average Bonchev–Trinajstić information content (AvgIpc) is 3.24. The molecule has 6 heteroatoms. The summed E-state index contributed by atoms with van der Waals surface area (Å²) in [7, 11) is 0. The number of halogens is 1. The number of fused-ring (bicyclic) bond motifs is 1. The number of likely N-dealkylation sites (tertiary alicyclic amines) is 1. The highest BCUT2D eigenvalue weighted by molar-refractivity contribution is 7.09. The number of hydrogen-bond donors (Lipinski definition) is 0. The smallest absolute Gasteiger partial charge is 0.264 e. The molecule has 1 aromatic carbocycles. The number of carbonyl (C=O) groups is 1. The number of carbonyl (C=O) groups excluding carboxylic acids is 1. The van der Waals surface area contributed by atoms with Crippen LogP contribution in [0.3, 0.4) is 0 Å². The summed E-state index contributed by atoms with van der Waals surface area (Å²) in [5.41, 5.74) is 0.775. The molecule has 2 aromatic rings. The van der Waals surface area contributed by atoms with Crippen molar-refractivity contribution in [3.8, 4) is 5.75 Å². The Hall–Kier alpha value is -1.95. The SMILES string of the molecule is O=C([C@H]1Cc2cccc(F)c2O1)N1CCC[C@H](c2nccs2)C1. The van der Waals surface area contributed by atoms with Crippen LogP contribution in [0.15, 0.2) is 29.8 Å². The van der Waals surface area contributed by atoms with Crippen molar-refractivity contribution in [2.75, 3.05) is 13.1 Å². The molecule has 0 saturated carbocycles. The average molecular weight is 332 g/mol. The van der Waals surface area contributed by atoms with Crippen LogP contribution in [0, 0.1) is 5.82 Å². The van der Waals surface area contributed by atoms with Crippen molar-refractivity contribution in [3.05, 3.63) is 46.2 Å². The van der Waals surface area contributed by atoms with Crippen molar-refractivity contribution in [1.82, 2.24) is 9.88 Å². The maximum Gasteiger partial charge on any atom is 0.264 e. The molecule has 0 N–H and O–H groups in total. The van der Waals surface area contributed by atoms with Gasteiger partial charge in [-0.3, -0.25) is 4.79 Å². The van der Waals surface area contributed by atoms with E-state index in [9.17, 15) is 9.18 Å². The van der Waals surface area contributed by atoms with Crippen LogP contribution >= 0.6 is 11.3 Å². The Balaban J connectivity index is 1.47. The zero-order valence-corrected chi connectivity index (χ0v) is 13.4. The van der Waals surface area contributed by atoms with E-state index in [1.54, 1.807) is 23.6 Å². The second-order valence-corrected chi connectivity index (χ2v) is 6.96. The first-order chi connectivity index (χ1) is 11.2. The summed E-state index contributed by atoms with van der Waals surface area (Å²) < 4.78 is 19.4. The molecule has 0 unspecified atom stereocenters. The summed E-state index contributed by atoms with van der Waals surface area (Å²) >= 11 is 1.64. The van der Waals surface area contributed by atoms with Crippen LogP contribution in [-0.4, -0.2) is 35.0 Å². The number of thiazole rings is 1. The van der Waals surface area contributed by atoms with Gasteiger partial charge in [0, 0.05) is 42.6 Å². The van der Waals surface area contributed by atoms with Gasteiger partial charge in [-0.1, -0.05) is 12.1 Å². The van der Waals surface area contributed by atoms with Crippen LogP contribution in [-0.2, 0) is 11.2 Å². The molecule has 2 atom stereocenters. The minimum Gasteiger partial charge on any atom is -0.477 e. The van der Waals surface area contributed by atoms with Crippen LogP contribution < -0.4 is 4.74 Å². The largest absolute Gasteiger partial charge is 0.477 e. The standard InChI is InChI=1S/C17H17FN2O2S/c18-13-5-1-3-11-9-14(22-15(11)13)17(21)20-7-2-4-12(10-20)16-19-6-8-23-16/h1,3,5-6,8,12,14H,2,4,7,9-10H2/t12-,14+/m0/s1. The number of piperidine rings is 1. The van der Waals surface area contributed by atoms with Crippen molar-refractivity contribution in [3.63, 3.8) is 0 Å². The van der Waals surface area contributed by atoms with Crippen LogP contribution in [0.4, 0.5) is 4.39 Å². The van der Waals surface area contributed by atoms with E-state index in [1.807, 2.05) is 16.3 Å². The molecule has 1 amide bonds. The van der Waals surface area contributed by atoms with Gasteiger partial charge in [0.15, 0.2) is 17.7 Å². The highest BCUT2D eigenvalue weighted by atomic mass is 32.1. The van der Waals surface area contributed by atoms with E-state index in [1.165, 1.54) is 6.07 Å². The summed E-state index contributed by atoms with van der Waals surface area (Å²) in [5, 5.41) is 3.06. The molecule has 0 aliphatic carbocycles. The van der Waals surface area contributed by atoms with Gasteiger partial charge in [-0.05, 0) is 18.9 Å². The quantitative estimate of drug-likeness (QED) is 0.849. The summed E-state index contributed by atoms with van der Waals surface area (Å²) in [4.78, 5) is 19.0. The Bertz CT molecular complexity index is 719. The normalized spacial score (nSPS) is 23.4. The Morgan fingerprint density at radius 3 is 3.13 bits per heavy atom. The molecule has 4 nitrogen and oxygen atoms in total. The number of ether oxygens (including phenoxy) is 1. The predicted octanol–water partition coefficient (Wildman–Crippen LogP) is 2.99. The molecule has 2 aliphatic rings. The summed E-state index contributed by atoms with van der Waals surface area (Å²) in [6, 6.07) is 4.84. The second kappa shape index (κ2) is 5.92. The highest BCUT2D eigenvalue weighted by Gasteiger charge is 2.36. The first kappa shape index (κ1) is 14.6. The van der Waals surface area contributed by atoms with E-state index in [0.29, 0.717) is 18.9 Å². The molecule has 0 bridgehead atoms. The molecule has 0 radical (unpaired) electrons. The minimum atomic E-state index is -0.600. The molecule has 23 heavy (non-hydrogen) atoms. The van der Waals surface area contributed by atoms with Gasteiger partial charge in [-0.2, -0.15) is 0 Å². The van der Waals surface area contributed by atoms with Gasteiger partial charge in [0.05, 0.1) is 5.01 Å². The minimum absolute atomic E-state index is 0.0399. The molecule has 0 spiro atoms. The summed E-state index contributed by atoms with van der Waals surface area (Å²) in [6.45, 7) is 1.41. The molecule has 1 fully saturated rings. The number of aromatic nitrogens is 1. The van der Waals surface area contributed by atoms with Crippen molar-refractivity contribution in [2.24, 2.45) is 0 Å². The van der Waals surface area contributed by atoms with E-state index in [-0.39, 0.29) is 11.7 Å². The molecule has 120 valence electrons. The third kappa shape index (κ3) is 2.72. The topological polar surface area (TPSA) is 42.4 Å². The number of amides is 1. The van der Waals surface area contributed by atoms with E-state index >= 15 is 0 Å². The molecule has 4 rings (SSSR count). The zero-order chi connectivity index (χ0) is 15.8. The van der Waals surface area contributed by atoms with E-state index in [2.05, 4.69) is 4.98 Å². The Labute approximate surface area is 137 Å². The molecule has 3 heterocycles. The zero-order valence-electron chi connectivity index (χ0n) is 12.6. The number of rotatable bonds is 2. The first-order valence-corrected chi connectivity index (χ1v) is 8.72. The van der Waals surface area contributed by atoms with E-state index in [4.69, 9.17) is 4.74 Å². The van der Waals surface area contributed by atoms with Crippen molar-refractivity contribution >= 4 is 17.2 Å². The van der Waals surface area contributed by atoms with Gasteiger partial charge in [0.1, 0.15) is 0 Å². The Kier molecular flexibility index (Phi) is 3.77. The second-order valence-electron chi connectivity index (χ2n) is 6.03. The lowest BCUT2D eigenvalue weighted by Gasteiger charge is -2.33. The molecule has 1 saturated heterocycles. The summed E-state index contributed by atoms with van der Waals surface area (Å²) in [5.74, 6) is 0.103. The lowest BCUT2D eigenvalue weighted by molar-refractivity contribution is -0.139. The van der Waals surface area contributed by atoms with E-state index in [0.717, 1.165) is 30.0 Å². The van der Waals surface area contributed by atoms with Gasteiger partial charge in [0.25, 0.3) is 5.91 Å². The monoisotopic (exact) mass is 332 g/mol. The van der Waals surface area contributed by atoms with Crippen LogP contribution in [0.5, 0.6) is 5.75 Å². The van der Waals surface area contributed by atoms with Gasteiger partial charge in [0.2, 0.25) is 0 Å². The van der Waals surface area contributed by atoms with Gasteiger partial charge >= 0.3 is 0 Å². The number of nitrogens with zero attached hydrogens (tertiary/aromatic N) is 2. The van der Waals surface area contributed by atoms with Crippen molar-refractivity contribution in [1.29, 1.82) is 0 Å². The molecule has 1 aromatic heterocycles. The number of para-hydroxylation sites is 1. The maximum atomic E-state index is 13.8. The molecule has 2 aliphatic heterocycles. The molecular formula is C17H17FN2O2S. The molecular weight excluding hydrogens is 315 g/mol. The maximum absolute atomic E-state index is 13.8. The highest BCUT2D eigenvalue weighted by Crippen LogP contribution is 2.33. The fourth-order valence-electron chi connectivity index (χ4n) is 3.39. The fourth-order valence-corrected chi connectivity index (χ4v) is 4.15. The van der Waals surface area contributed by atoms with Crippen molar-refractivity contribution in [2.45, 2.75) is 31.3 Å². The fraction of sp³-hybridized carbons (Fsp3) is 0.412.